The van der Waals surface area contributed by atoms with Gasteiger partial charge in [-0.05, 0) is 24.1 Å². The van der Waals surface area contributed by atoms with Crippen molar-refractivity contribution < 1.29 is 5.11 Å². The zero-order chi connectivity index (χ0) is 13.3. The van der Waals surface area contributed by atoms with Crippen LogP contribution in [0.5, 0.6) is 0 Å². The fourth-order valence-electron chi connectivity index (χ4n) is 2.47. The van der Waals surface area contributed by atoms with Gasteiger partial charge in [0.2, 0.25) is 0 Å². The van der Waals surface area contributed by atoms with Gasteiger partial charge in [0.25, 0.3) is 0 Å². The smallest absolute Gasteiger partial charge is 0.112 e. The lowest BCUT2D eigenvalue weighted by Crippen LogP contribution is -2.03. The summed E-state index contributed by atoms with van der Waals surface area (Å²) in [5.74, 6) is 1.76. The Morgan fingerprint density at radius 2 is 2.06 bits per heavy atom. The molecule has 1 heterocycles. The summed E-state index contributed by atoms with van der Waals surface area (Å²) in [6.07, 6.45) is 0.955. The number of rotatable bonds is 4. The molecule has 0 saturated heterocycles. The standard InChI is InChI=1S/C15H22N2O/c1-5-11(9-18)12-6-7-13-14(8-12)17(4)15(16-13)10(2)3/h6-8,10-11,18H,5,9H2,1-4H3. The van der Waals surface area contributed by atoms with Gasteiger partial charge in [-0.3, -0.25) is 0 Å². The molecule has 2 rings (SSSR count). The van der Waals surface area contributed by atoms with Crippen LogP contribution < -0.4 is 0 Å². The molecule has 0 amide bonds. The molecule has 2 aromatic rings. The number of nitrogens with zero attached hydrogens (tertiary/aromatic N) is 2. The van der Waals surface area contributed by atoms with Crippen LogP contribution in [0.25, 0.3) is 11.0 Å². The van der Waals surface area contributed by atoms with E-state index < -0.39 is 0 Å². The van der Waals surface area contributed by atoms with Crippen LogP contribution in [0, 0.1) is 0 Å². The van der Waals surface area contributed by atoms with E-state index >= 15 is 0 Å². The second-order valence-corrected chi connectivity index (χ2v) is 5.22. The van der Waals surface area contributed by atoms with Crippen molar-refractivity contribution in [1.82, 2.24) is 9.55 Å². The Morgan fingerprint density at radius 3 is 2.61 bits per heavy atom. The Labute approximate surface area is 108 Å². The molecule has 1 unspecified atom stereocenters. The lowest BCUT2D eigenvalue weighted by molar-refractivity contribution is 0.262. The highest BCUT2D eigenvalue weighted by molar-refractivity contribution is 5.77. The van der Waals surface area contributed by atoms with E-state index in [-0.39, 0.29) is 12.5 Å². The van der Waals surface area contributed by atoms with Gasteiger partial charge >= 0.3 is 0 Å². The number of benzene rings is 1. The summed E-state index contributed by atoms with van der Waals surface area (Å²) in [5.41, 5.74) is 3.40. The van der Waals surface area contributed by atoms with E-state index in [4.69, 9.17) is 0 Å². The Morgan fingerprint density at radius 1 is 1.33 bits per heavy atom. The van der Waals surface area contributed by atoms with E-state index in [2.05, 4.69) is 55.6 Å². The molecule has 3 nitrogen and oxygen atoms in total. The predicted molar refractivity (Wildman–Crippen MR) is 74.9 cm³/mol. The van der Waals surface area contributed by atoms with Crippen LogP contribution in [0.15, 0.2) is 18.2 Å². The Bertz CT molecular complexity index is 539. The lowest BCUT2D eigenvalue weighted by atomic mass is 9.97. The molecule has 0 fully saturated rings. The van der Waals surface area contributed by atoms with Gasteiger partial charge in [0, 0.05) is 25.5 Å². The highest BCUT2D eigenvalue weighted by Crippen LogP contribution is 2.26. The zero-order valence-corrected chi connectivity index (χ0v) is 11.6. The Balaban J connectivity index is 2.54. The van der Waals surface area contributed by atoms with Crippen LogP contribution in [0.4, 0.5) is 0 Å². The molecule has 0 aliphatic rings. The summed E-state index contributed by atoms with van der Waals surface area (Å²) in [5, 5.41) is 9.39. The first-order valence-corrected chi connectivity index (χ1v) is 6.65. The highest BCUT2D eigenvalue weighted by Gasteiger charge is 2.14. The molecule has 0 saturated carbocycles. The van der Waals surface area contributed by atoms with E-state index in [0.717, 1.165) is 23.3 Å². The summed E-state index contributed by atoms with van der Waals surface area (Å²) in [6.45, 7) is 6.63. The molecule has 1 aromatic heterocycles. The summed E-state index contributed by atoms with van der Waals surface area (Å²) < 4.78 is 2.16. The maximum Gasteiger partial charge on any atom is 0.112 e. The minimum absolute atomic E-state index is 0.205. The summed E-state index contributed by atoms with van der Waals surface area (Å²) in [4.78, 5) is 4.66. The van der Waals surface area contributed by atoms with Crippen LogP contribution in [-0.2, 0) is 7.05 Å². The molecule has 0 radical (unpaired) electrons. The molecule has 1 atom stereocenters. The summed E-state index contributed by atoms with van der Waals surface area (Å²) >= 11 is 0. The number of aliphatic hydroxyl groups excluding tert-OH is 1. The molecule has 0 aliphatic heterocycles. The number of fused-ring (bicyclic) bond motifs is 1. The van der Waals surface area contributed by atoms with Crippen molar-refractivity contribution in [3.05, 3.63) is 29.6 Å². The molecule has 98 valence electrons. The quantitative estimate of drug-likeness (QED) is 0.899. The van der Waals surface area contributed by atoms with Crippen LogP contribution >= 0.6 is 0 Å². The van der Waals surface area contributed by atoms with Crippen molar-refractivity contribution in [2.45, 2.75) is 39.0 Å². The van der Waals surface area contributed by atoms with E-state index in [1.54, 1.807) is 0 Å². The van der Waals surface area contributed by atoms with Crippen LogP contribution in [0.3, 0.4) is 0 Å². The first-order valence-electron chi connectivity index (χ1n) is 6.65. The third-order valence-electron chi connectivity index (χ3n) is 3.64. The molecule has 0 bridgehead atoms. The van der Waals surface area contributed by atoms with Crippen LogP contribution in [0.1, 0.15) is 50.4 Å². The van der Waals surface area contributed by atoms with Crippen molar-refractivity contribution in [3.8, 4) is 0 Å². The average molecular weight is 246 g/mol. The molecule has 1 aromatic carbocycles. The average Bonchev–Trinajstić information content (AvgIpc) is 2.69. The first-order chi connectivity index (χ1) is 8.58. The van der Waals surface area contributed by atoms with Gasteiger partial charge in [0.1, 0.15) is 5.82 Å². The number of aliphatic hydroxyl groups is 1. The largest absolute Gasteiger partial charge is 0.396 e. The summed E-state index contributed by atoms with van der Waals surface area (Å²) in [6, 6.07) is 6.32. The lowest BCUT2D eigenvalue weighted by Gasteiger charge is -2.12. The zero-order valence-electron chi connectivity index (χ0n) is 11.6. The molecular formula is C15H22N2O. The predicted octanol–water partition coefficient (Wildman–Crippen LogP) is 3.18. The molecule has 0 aliphatic carbocycles. The molecule has 0 spiro atoms. The second kappa shape index (κ2) is 5.11. The van der Waals surface area contributed by atoms with Crippen LogP contribution in [-0.4, -0.2) is 21.3 Å². The SMILES string of the molecule is CCC(CO)c1ccc2nc(C(C)C)n(C)c2c1. The molecule has 3 heteroatoms. The van der Waals surface area contributed by atoms with Gasteiger partial charge in [0.15, 0.2) is 0 Å². The first kappa shape index (κ1) is 13.1. The topological polar surface area (TPSA) is 38.1 Å². The summed E-state index contributed by atoms with van der Waals surface area (Å²) in [7, 11) is 2.06. The van der Waals surface area contributed by atoms with E-state index in [1.807, 2.05) is 0 Å². The normalized spacial score (nSPS) is 13.4. The maximum atomic E-state index is 9.39. The minimum atomic E-state index is 0.205. The van der Waals surface area contributed by atoms with E-state index in [0.29, 0.717) is 5.92 Å². The van der Waals surface area contributed by atoms with Crippen molar-refractivity contribution in [2.24, 2.45) is 7.05 Å². The van der Waals surface area contributed by atoms with Crippen LogP contribution in [0.2, 0.25) is 0 Å². The number of hydrogen-bond acceptors (Lipinski definition) is 2. The molecule has 18 heavy (non-hydrogen) atoms. The number of hydrogen-bond donors (Lipinski definition) is 1. The van der Waals surface area contributed by atoms with Gasteiger partial charge in [0.05, 0.1) is 11.0 Å². The van der Waals surface area contributed by atoms with Crippen molar-refractivity contribution in [3.63, 3.8) is 0 Å². The highest BCUT2D eigenvalue weighted by atomic mass is 16.3. The fraction of sp³-hybridized carbons (Fsp3) is 0.533. The van der Waals surface area contributed by atoms with Gasteiger partial charge in [-0.1, -0.05) is 26.8 Å². The van der Waals surface area contributed by atoms with Gasteiger partial charge in [-0.2, -0.15) is 0 Å². The number of imidazole rings is 1. The van der Waals surface area contributed by atoms with Gasteiger partial charge in [-0.15, -0.1) is 0 Å². The van der Waals surface area contributed by atoms with E-state index in [9.17, 15) is 5.11 Å². The minimum Gasteiger partial charge on any atom is -0.396 e. The van der Waals surface area contributed by atoms with E-state index in [1.165, 1.54) is 5.56 Å². The maximum absolute atomic E-state index is 9.39. The van der Waals surface area contributed by atoms with Crippen molar-refractivity contribution in [2.75, 3.05) is 6.61 Å². The molecular weight excluding hydrogens is 224 g/mol. The Hall–Kier alpha value is -1.35. The van der Waals surface area contributed by atoms with Crippen molar-refractivity contribution in [1.29, 1.82) is 0 Å². The third kappa shape index (κ3) is 2.15. The monoisotopic (exact) mass is 246 g/mol. The number of aryl methyl sites for hydroxylation is 1. The Kier molecular flexibility index (Phi) is 3.71. The third-order valence-corrected chi connectivity index (χ3v) is 3.64. The number of aromatic nitrogens is 2. The van der Waals surface area contributed by atoms with Gasteiger partial charge in [-0.25, -0.2) is 4.98 Å². The fourth-order valence-corrected chi connectivity index (χ4v) is 2.47. The van der Waals surface area contributed by atoms with Crippen molar-refractivity contribution >= 4 is 11.0 Å². The molecule has 1 N–H and O–H groups in total. The second-order valence-electron chi connectivity index (χ2n) is 5.22. The van der Waals surface area contributed by atoms with Gasteiger partial charge < -0.3 is 9.67 Å².